The van der Waals surface area contributed by atoms with Gasteiger partial charge in [0.2, 0.25) is 0 Å². The van der Waals surface area contributed by atoms with Crippen LogP contribution in [0.5, 0.6) is 0 Å². The highest BCUT2D eigenvalue weighted by Crippen LogP contribution is 2.18. The lowest BCUT2D eigenvalue weighted by molar-refractivity contribution is 0.102. The van der Waals surface area contributed by atoms with Crippen LogP contribution in [0.2, 0.25) is 0 Å². The van der Waals surface area contributed by atoms with E-state index in [-0.39, 0.29) is 5.91 Å². The molecule has 0 unspecified atom stereocenters. The van der Waals surface area contributed by atoms with Crippen molar-refractivity contribution in [2.45, 2.75) is 6.92 Å². The van der Waals surface area contributed by atoms with E-state index in [0.29, 0.717) is 16.8 Å². The van der Waals surface area contributed by atoms with Crippen molar-refractivity contribution in [2.24, 2.45) is 0 Å². The van der Waals surface area contributed by atoms with Gasteiger partial charge in [-0.05, 0) is 37.3 Å². The maximum atomic E-state index is 13.1. The zero-order chi connectivity index (χ0) is 14.1. The number of carbonyl (C=O) groups is 1. The molecule has 0 bridgehead atoms. The first-order valence-electron chi connectivity index (χ1n) is 6.16. The number of rotatable bonds is 2. The van der Waals surface area contributed by atoms with Crippen LogP contribution in [0.15, 0.2) is 42.5 Å². The molecule has 1 heterocycles. The first-order valence-corrected chi connectivity index (χ1v) is 6.16. The number of imidazole rings is 1. The SMILES string of the molecule is Cc1nc2c(C(=O)Nc3cccc(F)c3)cccc2[nH]1. The Bertz CT molecular complexity index is 795. The molecule has 0 atom stereocenters. The fourth-order valence-corrected chi connectivity index (χ4v) is 2.10. The summed E-state index contributed by atoms with van der Waals surface area (Å²) in [6.07, 6.45) is 0. The number of nitrogens with one attached hydrogen (secondary N) is 2. The standard InChI is InChI=1S/C15H12FN3O/c1-9-17-13-7-3-6-12(14(13)18-9)15(20)19-11-5-2-4-10(16)8-11/h2-8H,1H3,(H,17,18)(H,19,20). The maximum absolute atomic E-state index is 13.1. The quantitative estimate of drug-likeness (QED) is 0.750. The maximum Gasteiger partial charge on any atom is 0.257 e. The third-order valence-corrected chi connectivity index (χ3v) is 2.96. The summed E-state index contributed by atoms with van der Waals surface area (Å²) in [6, 6.07) is 11.1. The molecule has 3 rings (SSSR count). The van der Waals surface area contributed by atoms with Crippen molar-refractivity contribution in [1.82, 2.24) is 9.97 Å². The van der Waals surface area contributed by atoms with Crippen LogP contribution < -0.4 is 5.32 Å². The second kappa shape index (κ2) is 4.77. The van der Waals surface area contributed by atoms with Crippen molar-refractivity contribution in [3.8, 4) is 0 Å². The molecule has 1 aromatic heterocycles. The third-order valence-electron chi connectivity index (χ3n) is 2.96. The van der Waals surface area contributed by atoms with Crippen LogP contribution in [0, 0.1) is 12.7 Å². The summed E-state index contributed by atoms with van der Waals surface area (Å²) in [6.45, 7) is 1.83. The van der Waals surface area contributed by atoms with E-state index in [1.165, 1.54) is 12.1 Å². The zero-order valence-electron chi connectivity index (χ0n) is 10.8. The number of anilines is 1. The Labute approximate surface area is 114 Å². The van der Waals surface area contributed by atoms with Gasteiger partial charge in [-0.25, -0.2) is 9.37 Å². The van der Waals surface area contributed by atoms with Crippen molar-refractivity contribution in [3.05, 3.63) is 59.7 Å². The molecule has 100 valence electrons. The van der Waals surface area contributed by atoms with Gasteiger partial charge in [0, 0.05) is 5.69 Å². The first-order chi connectivity index (χ1) is 9.63. The van der Waals surface area contributed by atoms with Crippen LogP contribution in [0.4, 0.5) is 10.1 Å². The largest absolute Gasteiger partial charge is 0.342 e. The lowest BCUT2D eigenvalue weighted by atomic mass is 10.1. The molecule has 2 N–H and O–H groups in total. The highest BCUT2D eigenvalue weighted by Gasteiger charge is 2.13. The Morgan fingerprint density at radius 3 is 2.85 bits per heavy atom. The third kappa shape index (κ3) is 2.25. The summed E-state index contributed by atoms with van der Waals surface area (Å²) >= 11 is 0. The molecule has 0 radical (unpaired) electrons. The summed E-state index contributed by atoms with van der Waals surface area (Å²) in [5.41, 5.74) is 2.28. The van der Waals surface area contributed by atoms with E-state index in [1.54, 1.807) is 24.3 Å². The number of aryl methyl sites for hydroxylation is 1. The van der Waals surface area contributed by atoms with Crippen LogP contribution in [0.25, 0.3) is 11.0 Å². The molecule has 0 aliphatic heterocycles. The Kier molecular flexibility index (Phi) is 2.95. The average molecular weight is 269 g/mol. The summed E-state index contributed by atoms with van der Waals surface area (Å²) in [5.74, 6) is 0.0373. The van der Waals surface area contributed by atoms with E-state index in [0.717, 1.165) is 11.3 Å². The van der Waals surface area contributed by atoms with Crippen LogP contribution in [0.1, 0.15) is 16.2 Å². The Balaban J connectivity index is 1.96. The summed E-state index contributed by atoms with van der Waals surface area (Å²) < 4.78 is 13.1. The van der Waals surface area contributed by atoms with Crippen molar-refractivity contribution in [2.75, 3.05) is 5.32 Å². The molecule has 20 heavy (non-hydrogen) atoms. The number of nitrogens with zero attached hydrogens (tertiary/aromatic N) is 1. The van der Waals surface area contributed by atoms with Crippen LogP contribution >= 0.6 is 0 Å². The number of carbonyl (C=O) groups excluding carboxylic acids is 1. The van der Waals surface area contributed by atoms with E-state index in [4.69, 9.17) is 0 Å². The number of fused-ring (bicyclic) bond motifs is 1. The number of hydrogen-bond donors (Lipinski definition) is 2. The van der Waals surface area contributed by atoms with Gasteiger partial charge in [-0.2, -0.15) is 0 Å². The Morgan fingerprint density at radius 2 is 2.05 bits per heavy atom. The smallest absolute Gasteiger partial charge is 0.257 e. The molecular weight excluding hydrogens is 257 g/mol. The number of aromatic nitrogens is 2. The van der Waals surface area contributed by atoms with E-state index in [9.17, 15) is 9.18 Å². The minimum atomic E-state index is -0.392. The summed E-state index contributed by atoms with van der Waals surface area (Å²) in [4.78, 5) is 19.6. The number of para-hydroxylation sites is 1. The molecule has 3 aromatic rings. The Hall–Kier alpha value is -2.69. The number of hydrogen-bond acceptors (Lipinski definition) is 2. The minimum Gasteiger partial charge on any atom is -0.342 e. The second-order valence-electron chi connectivity index (χ2n) is 4.49. The Morgan fingerprint density at radius 1 is 1.25 bits per heavy atom. The van der Waals surface area contributed by atoms with Crippen molar-refractivity contribution in [3.63, 3.8) is 0 Å². The average Bonchev–Trinajstić information content (AvgIpc) is 2.78. The molecule has 0 saturated carbocycles. The molecular formula is C15H12FN3O. The summed E-state index contributed by atoms with van der Waals surface area (Å²) in [7, 11) is 0. The van der Waals surface area contributed by atoms with Gasteiger partial charge in [0.15, 0.2) is 0 Å². The molecule has 4 nitrogen and oxygen atoms in total. The zero-order valence-corrected chi connectivity index (χ0v) is 10.8. The molecule has 5 heteroatoms. The summed E-state index contributed by atoms with van der Waals surface area (Å²) in [5, 5.41) is 2.67. The van der Waals surface area contributed by atoms with Gasteiger partial charge in [-0.1, -0.05) is 12.1 Å². The van der Waals surface area contributed by atoms with Gasteiger partial charge >= 0.3 is 0 Å². The topological polar surface area (TPSA) is 57.8 Å². The van der Waals surface area contributed by atoms with Crippen molar-refractivity contribution in [1.29, 1.82) is 0 Å². The first kappa shape index (κ1) is 12.3. The second-order valence-corrected chi connectivity index (χ2v) is 4.49. The minimum absolute atomic E-state index is 0.312. The predicted octanol–water partition coefficient (Wildman–Crippen LogP) is 3.26. The van der Waals surface area contributed by atoms with Crippen molar-refractivity contribution < 1.29 is 9.18 Å². The van der Waals surface area contributed by atoms with Crippen LogP contribution in [-0.2, 0) is 0 Å². The monoisotopic (exact) mass is 269 g/mol. The van der Waals surface area contributed by atoms with E-state index in [2.05, 4.69) is 15.3 Å². The van der Waals surface area contributed by atoms with Gasteiger partial charge in [-0.3, -0.25) is 4.79 Å². The van der Waals surface area contributed by atoms with Gasteiger partial charge < -0.3 is 10.3 Å². The van der Waals surface area contributed by atoms with Gasteiger partial charge in [0.25, 0.3) is 5.91 Å². The van der Waals surface area contributed by atoms with Crippen LogP contribution in [0.3, 0.4) is 0 Å². The van der Waals surface area contributed by atoms with E-state index >= 15 is 0 Å². The molecule has 2 aromatic carbocycles. The lowest BCUT2D eigenvalue weighted by Gasteiger charge is -2.05. The fourth-order valence-electron chi connectivity index (χ4n) is 2.10. The normalized spacial score (nSPS) is 10.7. The molecule has 0 saturated heterocycles. The number of halogens is 1. The highest BCUT2D eigenvalue weighted by molar-refractivity contribution is 6.11. The molecule has 0 aliphatic carbocycles. The molecule has 0 spiro atoms. The van der Waals surface area contributed by atoms with E-state index in [1.807, 2.05) is 13.0 Å². The number of benzene rings is 2. The molecule has 0 aliphatic rings. The predicted molar refractivity (Wildman–Crippen MR) is 75.2 cm³/mol. The van der Waals surface area contributed by atoms with Gasteiger partial charge in [-0.15, -0.1) is 0 Å². The lowest BCUT2D eigenvalue weighted by Crippen LogP contribution is -2.12. The molecule has 0 fully saturated rings. The van der Waals surface area contributed by atoms with E-state index < -0.39 is 5.82 Å². The van der Waals surface area contributed by atoms with Gasteiger partial charge in [0.1, 0.15) is 17.2 Å². The number of H-pyrrole nitrogens is 1. The number of amides is 1. The van der Waals surface area contributed by atoms with Crippen molar-refractivity contribution >= 4 is 22.6 Å². The van der Waals surface area contributed by atoms with Crippen LogP contribution in [-0.4, -0.2) is 15.9 Å². The highest BCUT2D eigenvalue weighted by atomic mass is 19.1. The number of aromatic amines is 1. The van der Waals surface area contributed by atoms with Gasteiger partial charge in [0.05, 0.1) is 11.1 Å². The molecule has 1 amide bonds. The fraction of sp³-hybridized carbons (Fsp3) is 0.0667.